The van der Waals surface area contributed by atoms with Gasteiger partial charge in [0.25, 0.3) is 15.9 Å². The van der Waals surface area contributed by atoms with Crippen LogP contribution in [0, 0.1) is 6.92 Å². The van der Waals surface area contributed by atoms with Gasteiger partial charge in [0.1, 0.15) is 11.1 Å². The summed E-state index contributed by atoms with van der Waals surface area (Å²) < 4.78 is 33.5. The first-order chi connectivity index (χ1) is 15.2. The fraction of sp³-hybridized carbons (Fsp3) is 0.0435. The molecule has 0 unspecified atom stereocenters. The molecule has 7 nitrogen and oxygen atoms in total. The molecule has 0 fully saturated rings. The quantitative estimate of drug-likeness (QED) is 0.409. The van der Waals surface area contributed by atoms with Gasteiger partial charge in [-0.25, -0.2) is 13.2 Å². The van der Waals surface area contributed by atoms with Gasteiger partial charge in [-0.15, -0.1) is 0 Å². The van der Waals surface area contributed by atoms with E-state index in [-0.39, 0.29) is 26.9 Å². The molecule has 1 heterocycles. The highest BCUT2D eigenvalue weighted by atomic mass is 35.5. The van der Waals surface area contributed by atoms with Gasteiger partial charge in [-0.3, -0.25) is 9.52 Å². The fourth-order valence-corrected chi connectivity index (χ4v) is 4.72. The van der Waals surface area contributed by atoms with Crippen molar-refractivity contribution in [3.05, 3.63) is 99.4 Å². The van der Waals surface area contributed by atoms with Crippen LogP contribution in [0.25, 0.3) is 11.0 Å². The molecule has 32 heavy (non-hydrogen) atoms. The van der Waals surface area contributed by atoms with Crippen LogP contribution in [0.15, 0.2) is 86.9 Å². The minimum atomic E-state index is -3.99. The molecule has 0 radical (unpaired) electrons. The molecule has 162 valence electrons. The first-order valence-electron chi connectivity index (χ1n) is 9.47. The number of rotatable bonds is 5. The Kier molecular flexibility index (Phi) is 5.73. The lowest BCUT2D eigenvalue weighted by Gasteiger charge is -2.13. The SMILES string of the molecule is Cc1ccc(NC(=O)c2cc3ccccc3oc2=O)cc1S(=O)(=O)Nc1ccccc1Cl. The summed E-state index contributed by atoms with van der Waals surface area (Å²) in [4.78, 5) is 24.9. The van der Waals surface area contributed by atoms with Crippen LogP contribution in [-0.4, -0.2) is 14.3 Å². The molecule has 1 aromatic heterocycles. The van der Waals surface area contributed by atoms with Gasteiger partial charge in [-0.05, 0) is 48.9 Å². The molecule has 3 aromatic carbocycles. The van der Waals surface area contributed by atoms with Crippen molar-refractivity contribution in [3.8, 4) is 0 Å². The summed E-state index contributed by atoms with van der Waals surface area (Å²) in [7, 11) is -3.99. The zero-order valence-electron chi connectivity index (χ0n) is 16.8. The molecule has 0 saturated heterocycles. The average molecular weight is 469 g/mol. The largest absolute Gasteiger partial charge is 0.422 e. The van der Waals surface area contributed by atoms with E-state index in [1.807, 2.05) is 0 Å². The third-order valence-corrected chi connectivity index (χ3v) is 6.58. The van der Waals surface area contributed by atoms with E-state index in [4.69, 9.17) is 16.0 Å². The monoisotopic (exact) mass is 468 g/mol. The average Bonchev–Trinajstić information content (AvgIpc) is 2.76. The van der Waals surface area contributed by atoms with Crippen LogP contribution in [0.1, 0.15) is 15.9 Å². The Hall–Kier alpha value is -3.62. The maximum absolute atomic E-state index is 12.9. The van der Waals surface area contributed by atoms with E-state index in [0.29, 0.717) is 16.5 Å². The molecular weight excluding hydrogens is 452 g/mol. The molecule has 0 atom stereocenters. The van der Waals surface area contributed by atoms with Crippen LogP contribution in [0.5, 0.6) is 0 Å². The highest BCUT2D eigenvalue weighted by molar-refractivity contribution is 7.92. The Morgan fingerprint density at radius 1 is 0.969 bits per heavy atom. The predicted molar refractivity (Wildman–Crippen MR) is 124 cm³/mol. The maximum atomic E-state index is 12.9. The van der Waals surface area contributed by atoms with Gasteiger partial charge in [0.05, 0.1) is 15.6 Å². The summed E-state index contributed by atoms with van der Waals surface area (Å²) in [6.07, 6.45) is 0. The summed E-state index contributed by atoms with van der Waals surface area (Å²) in [5.41, 5.74) is 0.282. The molecule has 0 aliphatic carbocycles. The van der Waals surface area contributed by atoms with Crippen LogP contribution in [0.4, 0.5) is 11.4 Å². The van der Waals surface area contributed by atoms with Crippen molar-refractivity contribution in [3.63, 3.8) is 0 Å². The number of fused-ring (bicyclic) bond motifs is 1. The number of carbonyl (C=O) groups is 1. The van der Waals surface area contributed by atoms with Crippen LogP contribution < -0.4 is 15.7 Å². The fourth-order valence-electron chi connectivity index (χ4n) is 3.13. The second-order valence-electron chi connectivity index (χ2n) is 7.01. The van der Waals surface area contributed by atoms with E-state index in [1.165, 1.54) is 12.1 Å². The molecule has 0 aliphatic rings. The van der Waals surface area contributed by atoms with Crippen LogP contribution in [0.2, 0.25) is 5.02 Å². The number of hydrogen-bond acceptors (Lipinski definition) is 5. The number of para-hydroxylation sites is 2. The lowest BCUT2D eigenvalue weighted by atomic mass is 10.1. The minimum absolute atomic E-state index is 0.0410. The number of sulfonamides is 1. The van der Waals surface area contributed by atoms with Gasteiger partial charge in [0.15, 0.2) is 0 Å². The topological polar surface area (TPSA) is 105 Å². The number of nitrogens with one attached hydrogen (secondary N) is 2. The van der Waals surface area contributed by atoms with Crippen molar-refractivity contribution in [2.45, 2.75) is 11.8 Å². The smallest absolute Gasteiger partial charge is 0.349 e. The lowest BCUT2D eigenvalue weighted by Crippen LogP contribution is -2.21. The Morgan fingerprint density at radius 2 is 1.69 bits per heavy atom. The highest BCUT2D eigenvalue weighted by Crippen LogP contribution is 2.27. The highest BCUT2D eigenvalue weighted by Gasteiger charge is 2.20. The van der Waals surface area contributed by atoms with Crippen LogP contribution in [-0.2, 0) is 10.0 Å². The molecule has 0 bridgehead atoms. The van der Waals surface area contributed by atoms with Crippen molar-refractivity contribution in [2.75, 3.05) is 10.0 Å². The van der Waals surface area contributed by atoms with Crippen molar-refractivity contribution < 1.29 is 17.6 Å². The molecule has 0 aliphatic heterocycles. The predicted octanol–water partition coefficient (Wildman–Crippen LogP) is 4.81. The number of aryl methyl sites for hydroxylation is 1. The second-order valence-corrected chi connectivity index (χ2v) is 9.06. The summed E-state index contributed by atoms with van der Waals surface area (Å²) in [5, 5.41) is 3.40. The Morgan fingerprint density at radius 3 is 2.47 bits per heavy atom. The van der Waals surface area contributed by atoms with Gasteiger partial charge in [-0.2, -0.15) is 0 Å². The normalized spacial score (nSPS) is 11.3. The van der Waals surface area contributed by atoms with E-state index in [9.17, 15) is 18.0 Å². The van der Waals surface area contributed by atoms with Gasteiger partial charge in [-0.1, -0.05) is 48.0 Å². The number of amides is 1. The zero-order valence-corrected chi connectivity index (χ0v) is 18.3. The van der Waals surface area contributed by atoms with Gasteiger partial charge < -0.3 is 9.73 Å². The molecule has 1 amide bonds. The Bertz CT molecular complexity index is 1510. The van der Waals surface area contributed by atoms with E-state index < -0.39 is 21.6 Å². The molecule has 9 heteroatoms. The number of carbonyl (C=O) groups excluding carboxylic acids is 1. The standard InChI is InChI=1S/C23H17ClN2O5S/c1-14-10-11-16(13-21(14)32(29,30)26-19-8-4-3-7-18(19)24)25-22(27)17-12-15-6-2-5-9-20(15)31-23(17)28/h2-13,26H,1H3,(H,25,27). The molecular formula is C23H17ClN2O5S. The first-order valence-corrected chi connectivity index (χ1v) is 11.3. The second kappa shape index (κ2) is 8.49. The molecule has 2 N–H and O–H groups in total. The van der Waals surface area contributed by atoms with Crippen LogP contribution in [0.3, 0.4) is 0 Å². The van der Waals surface area contributed by atoms with Crippen molar-refractivity contribution in [2.24, 2.45) is 0 Å². The third kappa shape index (κ3) is 4.37. The Labute approximate surface area is 188 Å². The van der Waals surface area contributed by atoms with E-state index >= 15 is 0 Å². The Balaban J connectivity index is 1.64. The van der Waals surface area contributed by atoms with E-state index in [1.54, 1.807) is 67.6 Å². The summed E-state index contributed by atoms with van der Waals surface area (Å²) >= 11 is 6.06. The van der Waals surface area contributed by atoms with Crippen molar-refractivity contribution >= 4 is 49.9 Å². The van der Waals surface area contributed by atoms with E-state index in [0.717, 1.165) is 0 Å². The van der Waals surface area contributed by atoms with Gasteiger partial charge >= 0.3 is 5.63 Å². The maximum Gasteiger partial charge on any atom is 0.349 e. The molecule has 4 aromatic rings. The first kappa shape index (κ1) is 21.6. The number of benzene rings is 3. The summed E-state index contributed by atoms with van der Waals surface area (Å²) in [6, 6.07) is 19.1. The third-order valence-electron chi connectivity index (χ3n) is 4.74. The molecule has 4 rings (SSSR count). The van der Waals surface area contributed by atoms with Gasteiger partial charge in [0.2, 0.25) is 0 Å². The number of anilines is 2. The van der Waals surface area contributed by atoms with Gasteiger partial charge in [0, 0.05) is 11.1 Å². The summed E-state index contributed by atoms with van der Waals surface area (Å²) in [6.45, 7) is 1.63. The van der Waals surface area contributed by atoms with Crippen molar-refractivity contribution in [1.29, 1.82) is 0 Å². The zero-order chi connectivity index (χ0) is 22.9. The van der Waals surface area contributed by atoms with Crippen molar-refractivity contribution in [1.82, 2.24) is 0 Å². The number of hydrogen-bond donors (Lipinski definition) is 2. The van der Waals surface area contributed by atoms with E-state index in [2.05, 4.69) is 10.0 Å². The number of halogens is 1. The molecule has 0 saturated carbocycles. The molecule has 0 spiro atoms. The minimum Gasteiger partial charge on any atom is -0.422 e. The van der Waals surface area contributed by atoms with Crippen LogP contribution >= 0.6 is 11.6 Å². The summed E-state index contributed by atoms with van der Waals surface area (Å²) in [5.74, 6) is -0.712. The lowest BCUT2D eigenvalue weighted by molar-refractivity contribution is 0.102.